The molecule has 3 rings (SSSR count). The van der Waals surface area contributed by atoms with Crippen LogP contribution in [0.3, 0.4) is 0 Å². The first kappa shape index (κ1) is 18.3. The molecule has 0 aliphatic carbocycles. The first-order valence-corrected chi connectivity index (χ1v) is 9.88. The zero-order valence-corrected chi connectivity index (χ0v) is 15.8. The molecule has 0 spiro atoms. The molecular weight excluding hydrogens is 352 g/mol. The fourth-order valence-corrected chi connectivity index (χ4v) is 4.36. The van der Waals surface area contributed by atoms with Gasteiger partial charge in [-0.2, -0.15) is 0 Å². The van der Waals surface area contributed by atoms with E-state index >= 15 is 0 Å². The highest BCUT2D eigenvalue weighted by Gasteiger charge is 2.37. The molecule has 2 aromatic rings. The molecule has 0 bridgehead atoms. The number of anilines is 1. The molecule has 1 unspecified atom stereocenters. The summed E-state index contributed by atoms with van der Waals surface area (Å²) in [7, 11) is -2.32. The fraction of sp³-hybridized carbons (Fsp3) is 0.316. The SMILES string of the molecule is CNC(=O)C1CN(S(=O)(=O)c2ccc(C(C)C)cc2)c2ccccc2O1. The second kappa shape index (κ2) is 6.99. The van der Waals surface area contributed by atoms with Crippen molar-refractivity contribution < 1.29 is 17.9 Å². The number of hydrogen-bond acceptors (Lipinski definition) is 4. The zero-order valence-electron chi connectivity index (χ0n) is 15.0. The average Bonchev–Trinajstić information content (AvgIpc) is 2.66. The Bertz CT molecular complexity index is 907. The largest absolute Gasteiger partial charge is 0.476 e. The zero-order chi connectivity index (χ0) is 18.9. The third kappa shape index (κ3) is 3.26. The van der Waals surface area contributed by atoms with Crippen LogP contribution in [0.15, 0.2) is 53.4 Å². The highest BCUT2D eigenvalue weighted by Crippen LogP contribution is 2.36. The standard InChI is InChI=1S/C19H22N2O4S/c1-13(2)14-8-10-15(11-9-14)26(23,24)21-12-18(19(22)20-3)25-17-7-5-4-6-16(17)21/h4-11,13,18H,12H2,1-3H3,(H,20,22). The van der Waals surface area contributed by atoms with E-state index in [0.29, 0.717) is 17.4 Å². The summed E-state index contributed by atoms with van der Waals surface area (Å²) >= 11 is 0. The number of amides is 1. The second-order valence-electron chi connectivity index (χ2n) is 6.45. The van der Waals surface area contributed by atoms with E-state index in [4.69, 9.17) is 4.74 Å². The van der Waals surface area contributed by atoms with Crippen LogP contribution in [0.1, 0.15) is 25.3 Å². The summed E-state index contributed by atoms with van der Waals surface area (Å²) in [6.07, 6.45) is -0.903. The van der Waals surface area contributed by atoms with Gasteiger partial charge >= 0.3 is 0 Å². The van der Waals surface area contributed by atoms with E-state index in [-0.39, 0.29) is 17.3 Å². The monoisotopic (exact) mass is 374 g/mol. The average molecular weight is 374 g/mol. The smallest absolute Gasteiger partial charge is 0.264 e. The molecule has 0 saturated heterocycles. The third-order valence-electron chi connectivity index (χ3n) is 4.41. The van der Waals surface area contributed by atoms with Gasteiger partial charge in [0.25, 0.3) is 15.9 Å². The van der Waals surface area contributed by atoms with Crippen molar-refractivity contribution in [3.05, 3.63) is 54.1 Å². The number of para-hydroxylation sites is 2. The number of hydrogen-bond donors (Lipinski definition) is 1. The lowest BCUT2D eigenvalue weighted by atomic mass is 10.0. The first-order valence-electron chi connectivity index (χ1n) is 8.44. The van der Waals surface area contributed by atoms with Crippen LogP contribution in [0, 0.1) is 0 Å². The van der Waals surface area contributed by atoms with Gasteiger partial charge in [-0.15, -0.1) is 0 Å². The molecule has 2 aromatic carbocycles. The van der Waals surface area contributed by atoms with Gasteiger partial charge in [0.1, 0.15) is 5.75 Å². The Morgan fingerprint density at radius 3 is 2.42 bits per heavy atom. The molecule has 1 aliphatic rings. The highest BCUT2D eigenvalue weighted by molar-refractivity contribution is 7.92. The maximum atomic E-state index is 13.2. The summed E-state index contributed by atoms with van der Waals surface area (Å²) in [6, 6.07) is 13.7. The molecule has 0 aromatic heterocycles. The number of fused-ring (bicyclic) bond motifs is 1. The van der Waals surface area contributed by atoms with E-state index in [1.165, 1.54) is 11.4 Å². The van der Waals surface area contributed by atoms with Crippen LogP contribution >= 0.6 is 0 Å². The maximum Gasteiger partial charge on any atom is 0.264 e. The lowest BCUT2D eigenvalue weighted by Gasteiger charge is -2.34. The summed E-state index contributed by atoms with van der Waals surface area (Å²) in [5, 5.41) is 2.51. The summed E-state index contributed by atoms with van der Waals surface area (Å²) < 4.78 is 33.4. The van der Waals surface area contributed by atoms with Gasteiger partial charge in [0.2, 0.25) is 0 Å². The van der Waals surface area contributed by atoms with Crippen molar-refractivity contribution in [2.75, 3.05) is 17.9 Å². The Labute approximate surface area is 153 Å². The van der Waals surface area contributed by atoms with E-state index in [9.17, 15) is 13.2 Å². The number of rotatable bonds is 4. The van der Waals surface area contributed by atoms with E-state index in [1.807, 2.05) is 12.1 Å². The van der Waals surface area contributed by atoms with Gasteiger partial charge in [0, 0.05) is 7.05 Å². The number of carbonyl (C=O) groups is 1. The number of sulfonamides is 1. The minimum Gasteiger partial charge on any atom is -0.476 e. The summed E-state index contributed by atoms with van der Waals surface area (Å²) in [5.41, 5.74) is 1.50. The van der Waals surface area contributed by atoms with Crippen molar-refractivity contribution in [3.63, 3.8) is 0 Å². The maximum absolute atomic E-state index is 13.2. The second-order valence-corrected chi connectivity index (χ2v) is 8.31. The Morgan fingerprint density at radius 1 is 1.15 bits per heavy atom. The van der Waals surface area contributed by atoms with E-state index in [0.717, 1.165) is 5.56 Å². The van der Waals surface area contributed by atoms with Crippen LogP contribution in [0.5, 0.6) is 5.75 Å². The lowest BCUT2D eigenvalue weighted by molar-refractivity contribution is -0.127. The molecule has 138 valence electrons. The van der Waals surface area contributed by atoms with E-state index in [1.54, 1.807) is 36.4 Å². The molecule has 1 heterocycles. The molecule has 1 aliphatic heterocycles. The predicted molar refractivity (Wildman–Crippen MR) is 100.0 cm³/mol. The van der Waals surface area contributed by atoms with Crippen molar-refractivity contribution in [3.8, 4) is 5.75 Å². The van der Waals surface area contributed by atoms with Crippen LogP contribution in [-0.4, -0.2) is 34.0 Å². The summed E-state index contributed by atoms with van der Waals surface area (Å²) in [4.78, 5) is 12.2. The summed E-state index contributed by atoms with van der Waals surface area (Å²) in [5.74, 6) is 0.318. The number of benzene rings is 2. The number of likely N-dealkylation sites (N-methyl/N-ethyl adjacent to an activating group) is 1. The molecule has 0 radical (unpaired) electrons. The van der Waals surface area contributed by atoms with E-state index in [2.05, 4.69) is 19.2 Å². The molecule has 1 amide bonds. The molecule has 0 fully saturated rings. The van der Waals surface area contributed by atoms with Gasteiger partial charge in [0.15, 0.2) is 6.10 Å². The number of carbonyl (C=O) groups excluding carboxylic acids is 1. The quantitative estimate of drug-likeness (QED) is 0.892. The van der Waals surface area contributed by atoms with Crippen molar-refractivity contribution in [2.45, 2.75) is 30.8 Å². The number of nitrogens with one attached hydrogen (secondary N) is 1. The Morgan fingerprint density at radius 2 is 1.81 bits per heavy atom. The Balaban J connectivity index is 2.03. The summed E-state index contributed by atoms with van der Waals surface area (Å²) in [6.45, 7) is 4.02. The van der Waals surface area contributed by atoms with Gasteiger partial charge in [0.05, 0.1) is 17.1 Å². The van der Waals surface area contributed by atoms with Gasteiger partial charge in [-0.05, 0) is 35.7 Å². The lowest BCUT2D eigenvalue weighted by Crippen LogP contribution is -2.50. The van der Waals surface area contributed by atoms with Crippen LogP contribution in [0.4, 0.5) is 5.69 Å². The number of nitrogens with zero attached hydrogens (tertiary/aromatic N) is 1. The van der Waals surface area contributed by atoms with Crippen LogP contribution in [0.25, 0.3) is 0 Å². The fourth-order valence-electron chi connectivity index (χ4n) is 2.88. The van der Waals surface area contributed by atoms with Crippen molar-refractivity contribution in [2.24, 2.45) is 0 Å². The van der Waals surface area contributed by atoms with Crippen LogP contribution in [0.2, 0.25) is 0 Å². The normalized spacial score (nSPS) is 16.8. The molecule has 6 nitrogen and oxygen atoms in total. The molecule has 0 saturated carbocycles. The van der Waals surface area contributed by atoms with Crippen molar-refractivity contribution in [1.82, 2.24) is 5.32 Å². The number of ether oxygens (including phenoxy) is 1. The Hall–Kier alpha value is -2.54. The highest BCUT2D eigenvalue weighted by atomic mass is 32.2. The van der Waals surface area contributed by atoms with Crippen LogP contribution < -0.4 is 14.4 Å². The molecule has 1 atom stereocenters. The van der Waals surface area contributed by atoms with Crippen molar-refractivity contribution in [1.29, 1.82) is 0 Å². The van der Waals surface area contributed by atoms with Gasteiger partial charge in [-0.1, -0.05) is 38.1 Å². The molecular formula is C19H22N2O4S. The van der Waals surface area contributed by atoms with Gasteiger partial charge < -0.3 is 10.1 Å². The topological polar surface area (TPSA) is 75.7 Å². The van der Waals surface area contributed by atoms with Crippen LogP contribution in [-0.2, 0) is 14.8 Å². The van der Waals surface area contributed by atoms with Crippen molar-refractivity contribution >= 4 is 21.6 Å². The minimum atomic E-state index is -3.82. The predicted octanol–water partition coefficient (Wildman–Crippen LogP) is 2.51. The first-order chi connectivity index (χ1) is 12.3. The molecule has 26 heavy (non-hydrogen) atoms. The Kier molecular flexibility index (Phi) is 4.91. The molecule has 7 heteroatoms. The van der Waals surface area contributed by atoms with Gasteiger partial charge in [-0.25, -0.2) is 8.42 Å². The van der Waals surface area contributed by atoms with E-state index < -0.39 is 16.1 Å². The third-order valence-corrected chi connectivity index (χ3v) is 6.20. The van der Waals surface area contributed by atoms with Gasteiger partial charge in [-0.3, -0.25) is 9.10 Å². The molecule has 1 N–H and O–H groups in total. The minimum absolute atomic E-state index is 0.0784.